The van der Waals surface area contributed by atoms with Crippen molar-refractivity contribution in [3.05, 3.63) is 118 Å². The number of nitriles is 2. The minimum absolute atomic E-state index is 0.0435. The number of pyridine rings is 1. The first-order chi connectivity index (χ1) is 32.7. The highest BCUT2D eigenvalue weighted by atomic mass is 32.2. The molecule has 1 amide bonds. The van der Waals surface area contributed by atoms with Crippen LogP contribution < -0.4 is 16.0 Å². The summed E-state index contributed by atoms with van der Waals surface area (Å²) in [5.41, 5.74) is 0.161. The van der Waals surface area contributed by atoms with Crippen LogP contribution in [0.4, 0.5) is 50.1 Å². The standard InChI is InChI=1S/C44H34N10O12S3/c1-21-7-9-28(17-33(21)68(62)63)49-40-38(23(3)31(19-45)39(50-40)48-29-10-8-22(2)34(18-29)69(64,65)66)52-53-41-32(20-46)37(24-5-4-6-27(14-24)47-35(55)11-12-36(56)57)42(67-41)54-51-30-15-25(43(58)59)13-26(16-30)44(60)61/h4-10,13-18H,11-12H2,1-3H3,(H,47,55)(H,56,57)(H,58,59)(H,60,61)(H,62,63)(H2,48,49,50)(H,64,65,66)/p-1. The van der Waals surface area contributed by atoms with Gasteiger partial charge in [-0.2, -0.15) is 18.9 Å². The molecule has 0 aliphatic heterocycles. The maximum absolute atomic E-state index is 12.6. The van der Waals surface area contributed by atoms with Gasteiger partial charge in [-0.05, 0) is 103 Å². The van der Waals surface area contributed by atoms with E-state index < -0.39 is 67.5 Å². The number of azo groups is 2. The van der Waals surface area contributed by atoms with Crippen LogP contribution in [0.1, 0.15) is 61.4 Å². The fraction of sp³-hybridized carbons (Fsp3) is 0.114. The molecule has 25 heteroatoms. The Morgan fingerprint density at radius 1 is 0.754 bits per heavy atom. The normalized spacial score (nSPS) is 11.8. The molecule has 2 heterocycles. The molecule has 0 fully saturated rings. The Morgan fingerprint density at radius 3 is 1.99 bits per heavy atom. The molecule has 1 unspecified atom stereocenters. The Labute approximate surface area is 397 Å². The highest BCUT2D eigenvalue weighted by Crippen LogP contribution is 2.49. The largest absolute Gasteiger partial charge is 0.768 e. The molecular formula is C44H33N10O12S3-. The topological polar surface area (TPSA) is 369 Å². The number of hydrogen-bond donors (Lipinski definition) is 7. The summed E-state index contributed by atoms with van der Waals surface area (Å²) in [5, 5.41) is 74.9. The van der Waals surface area contributed by atoms with Crippen LogP contribution in [0.25, 0.3) is 11.1 Å². The number of hydrogen-bond acceptors (Lipinski definition) is 18. The number of rotatable bonds is 17. The van der Waals surface area contributed by atoms with Gasteiger partial charge in [0, 0.05) is 39.5 Å². The number of benzene rings is 4. The molecule has 4 aromatic carbocycles. The Balaban J connectivity index is 1.54. The molecule has 1 atom stereocenters. The smallest absolute Gasteiger partial charge is 0.335 e. The molecule has 7 N–H and O–H groups in total. The second-order valence-corrected chi connectivity index (χ2v) is 17.8. The number of thiophene rings is 1. The zero-order chi connectivity index (χ0) is 50.3. The van der Waals surface area contributed by atoms with Gasteiger partial charge in [0.2, 0.25) is 5.91 Å². The lowest BCUT2D eigenvalue weighted by Crippen LogP contribution is -2.13. The fourth-order valence-corrected chi connectivity index (χ4v) is 8.67. The van der Waals surface area contributed by atoms with Crippen LogP contribution in [0.5, 0.6) is 0 Å². The number of anilines is 5. The van der Waals surface area contributed by atoms with Gasteiger partial charge in [-0.25, -0.2) is 14.6 Å². The summed E-state index contributed by atoms with van der Waals surface area (Å²) in [6, 6.07) is 21.6. The van der Waals surface area contributed by atoms with Gasteiger partial charge in [-0.3, -0.25) is 18.4 Å². The van der Waals surface area contributed by atoms with Crippen LogP contribution in [0.2, 0.25) is 0 Å². The number of amides is 1. The van der Waals surface area contributed by atoms with Crippen LogP contribution >= 0.6 is 11.3 Å². The van der Waals surface area contributed by atoms with Crippen LogP contribution in [-0.2, 0) is 30.8 Å². The Bertz CT molecular complexity index is 3380. The minimum Gasteiger partial charge on any atom is -0.768 e. The maximum Gasteiger partial charge on any atom is 0.335 e. The van der Waals surface area contributed by atoms with Crippen molar-refractivity contribution in [1.29, 1.82) is 10.5 Å². The van der Waals surface area contributed by atoms with E-state index in [4.69, 9.17) is 5.11 Å². The van der Waals surface area contributed by atoms with Gasteiger partial charge in [0.25, 0.3) is 10.1 Å². The third-order valence-corrected chi connectivity index (χ3v) is 12.5. The molecule has 69 heavy (non-hydrogen) atoms. The third-order valence-electron chi connectivity index (χ3n) is 9.78. The summed E-state index contributed by atoms with van der Waals surface area (Å²) in [7, 11) is -4.67. The van der Waals surface area contributed by atoms with E-state index >= 15 is 0 Å². The summed E-state index contributed by atoms with van der Waals surface area (Å²) in [4.78, 5) is 51.4. The van der Waals surface area contributed by atoms with E-state index in [1.807, 2.05) is 6.07 Å². The molecule has 0 aliphatic carbocycles. The molecule has 6 rings (SSSR count). The lowest BCUT2D eigenvalue weighted by Gasteiger charge is -2.17. The van der Waals surface area contributed by atoms with E-state index in [-0.39, 0.29) is 94.8 Å². The lowest BCUT2D eigenvalue weighted by atomic mass is 10.0. The molecule has 0 saturated carbocycles. The first-order valence-electron chi connectivity index (χ1n) is 19.6. The molecule has 0 saturated heterocycles. The van der Waals surface area contributed by atoms with Crippen molar-refractivity contribution in [2.75, 3.05) is 16.0 Å². The lowest BCUT2D eigenvalue weighted by molar-refractivity contribution is -0.138. The number of carboxylic acids is 3. The quantitative estimate of drug-likeness (QED) is 0.0254. The number of carbonyl (C=O) groups excluding carboxylic acids is 1. The highest BCUT2D eigenvalue weighted by Gasteiger charge is 2.24. The number of aromatic nitrogens is 1. The summed E-state index contributed by atoms with van der Waals surface area (Å²) in [5.74, 6) is -4.97. The number of aryl methyl sites for hydroxylation is 2. The van der Waals surface area contributed by atoms with E-state index in [1.165, 1.54) is 62.4 Å². The fourth-order valence-electron chi connectivity index (χ4n) is 6.45. The molecule has 22 nitrogen and oxygen atoms in total. The van der Waals surface area contributed by atoms with Gasteiger partial charge >= 0.3 is 17.9 Å². The second kappa shape index (κ2) is 20.9. The van der Waals surface area contributed by atoms with Crippen molar-refractivity contribution >= 4 is 106 Å². The highest BCUT2D eigenvalue weighted by molar-refractivity contribution is 7.85. The third kappa shape index (κ3) is 11.9. The number of carboxylic acid groups (broad SMARTS) is 3. The summed E-state index contributed by atoms with van der Waals surface area (Å²) in [6.07, 6.45) is -0.793. The van der Waals surface area contributed by atoms with E-state index in [0.717, 1.165) is 35.6 Å². The summed E-state index contributed by atoms with van der Waals surface area (Å²) in [6.45, 7) is 4.52. The molecule has 0 spiro atoms. The SMILES string of the molecule is Cc1ccc(Nc2nc(Nc3ccc(C)c(S(=O)(=O)O)c3)c(C#N)c(C)c2N=Nc2sc(N=Nc3cc(C(=O)O)cc(C(=O)O)c3)c(-c3cccc(NC(=O)CCC(=O)O)c3)c2C#N)cc1S(=O)[O-]. The number of aromatic carboxylic acids is 2. The number of nitrogens with zero attached hydrogens (tertiary/aromatic N) is 7. The van der Waals surface area contributed by atoms with Gasteiger partial charge in [0.15, 0.2) is 16.6 Å². The van der Waals surface area contributed by atoms with E-state index in [0.29, 0.717) is 5.56 Å². The number of carbonyl (C=O) groups is 4. The zero-order valence-corrected chi connectivity index (χ0v) is 38.3. The summed E-state index contributed by atoms with van der Waals surface area (Å²) < 4.78 is 58.2. The first kappa shape index (κ1) is 49.8. The maximum atomic E-state index is 12.6. The number of aliphatic carboxylic acids is 1. The predicted octanol–water partition coefficient (Wildman–Crippen LogP) is 9.48. The van der Waals surface area contributed by atoms with Crippen molar-refractivity contribution in [2.24, 2.45) is 20.5 Å². The van der Waals surface area contributed by atoms with Gasteiger partial charge in [0.05, 0.1) is 33.7 Å². The second-order valence-electron chi connectivity index (χ2n) is 14.6. The average Bonchev–Trinajstić information content (AvgIpc) is 3.65. The first-order valence-corrected chi connectivity index (χ1v) is 22.9. The Hall–Kier alpha value is -8.59. The summed E-state index contributed by atoms with van der Waals surface area (Å²) >= 11 is -1.91. The van der Waals surface area contributed by atoms with Crippen LogP contribution in [-0.4, -0.2) is 65.9 Å². The van der Waals surface area contributed by atoms with Crippen LogP contribution in [0.3, 0.4) is 0 Å². The van der Waals surface area contributed by atoms with Gasteiger partial charge in [0.1, 0.15) is 28.4 Å². The molecule has 0 bridgehead atoms. The van der Waals surface area contributed by atoms with Gasteiger partial charge < -0.3 is 35.8 Å². The monoisotopic (exact) mass is 989 g/mol. The van der Waals surface area contributed by atoms with E-state index in [2.05, 4.69) is 47.5 Å². The Kier molecular flexibility index (Phi) is 15.1. The van der Waals surface area contributed by atoms with Crippen LogP contribution in [0.15, 0.2) is 109 Å². The molecule has 0 aliphatic rings. The molecular weight excluding hydrogens is 957 g/mol. The van der Waals surface area contributed by atoms with Crippen molar-refractivity contribution < 1.29 is 56.2 Å². The molecule has 6 aromatic rings. The predicted molar refractivity (Wildman–Crippen MR) is 248 cm³/mol. The molecule has 0 radical (unpaired) electrons. The van der Waals surface area contributed by atoms with Crippen molar-refractivity contribution in [2.45, 2.75) is 43.4 Å². The van der Waals surface area contributed by atoms with E-state index in [1.54, 1.807) is 13.0 Å². The number of nitrogens with one attached hydrogen (secondary N) is 3. The van der Waals surface area contributed by atoms with Crippen LogP contribution in [0, 0.1) is 43.4 Å². The van der Waals surface area contributed by atoms with Gasteiger partial charge in [-0.1, -0.05) is 35.6 Å². The average molecular weight is 990 g/mol. The van der Waals surface area contributed by atoms with Gasteiger partial charge in [-0.15, -0.1) is 20.5 Å². The molecule has 350 valence electrons. The van der Waals surface area contributed by atoms with E-state index in [9.17, 15) is 61.6 Å². The zero-order valence-electron chi connectivity index (χ0n) is 35.8. The van der Waals surface area contributed by atoms with Crippen molar-refractivity contribution in [1.82, 2.24) is 4.98 Å². The molecule has 2 aromatic heterocycles. The van der Waals surface area contributed by atoms with Crippen molar-refractivity contribution in [3.8, 4) is 23.3 Å². The Morgan fingerprint density at radius 2 is 1.38 bits per heavy atom. The minimum atomic E-state index is -4.67. The van der Waals surface area contributed by atoms with Crippen molar-refractivity contribution in [3.63, 3.8) is 0 Å².